The first kappa shape index (κ1) is 39.1. The maximum Gasteiger partial charge on any atom is 0.296 e. The molecule has 0 saturated carbocycles. The number of phenols is 1. The molecule has 21 heteroatoms. The van der Waals surface area contributed by atoms with Crippen LogP contribution in [0.1, 0.15) is 12.5 Å². The lowest BCUT2D eigenvalue weighted by atomic mass is 10.1. The molecule has 0 radical (unpaired) electrons. The average molecular weight is 770 g/mol. The molecule has 51 heavy (non-hydrogen) atoms. The Morgan fingerprint density at radius 3 is 1.96 bits per heavy atom. The number of hydrogen-bond donors (Lipinski definition) is 9. The van der Waals surface area contributed by atoms with Crippen LogP contribution in [0.4, 0.5) is 28.4 Å². The minimum atomic E-state index is -5.10. The van der Waals surface area contributed by atoms with Gasteiger partial charge in [0, 0.05) is 31.5 Å². The minimum Gasteiger partial charge on any atom is -0.505 e. The number of phenolic OH excluding ortho intramolecular Hbond substituents is 1. The van der Waals surface area contributed by atoms with Crippen molar-refractivity contribution in [2.45, 2.75) is 28.5 Å². The van der Waals surface area contributed by atoms with Crippen LogP contribution in [0.25, 0.3) is 10.8 Å². The molecule has 0 aliphatic heterocycles. The molecule has 0 bridgehead atoms. The van der Waals surface area contributed by atoms with Crippen molar-refractivity contribution < 1.29 is 59.2 Å². The summed E-state index contributed by atoms with van der Waals surface area (Å²) in [5.41, 5.74) is 6.53. The van der Waals surface area contributed by atoms with Crippen LogP contribution in [0.15, 0.2) is 69.3 Å². The third-order valence-corrected chi connectivity index (χ3v) is 11.0. The lowest BCUT2D eigenvalue weighted by Crippen LogP contribution is -2.35. The van der Waals surface area contributed by atoms with Gasteiger partial charge in [0.05, 0.1) is 52.9 Å². The number of carbonyl (C=O) groups is 1. The van der Waals surface area contributed by atoms with Gasteiger partial charge in [-0.05, 0) is 66.4 Å². The van der Waals surface area contributed by atoms with Gasteiger partial charge in [-0.2, -0.15) is 21.1 Å². The molecule has 0 saturated heterocycles. The van der Waals surface area contributed by atoms with E-state index >= 15 is 0 Å². The Kier molecular flexibility index (Phi) is 11.7. The second-order valence-corrected chi connectivity index (χ2v) is 15.7. The third-order valence-electron chi connectivity index (χ3n) is 7.37. The lowest BCUT2D eigenvalue weighted by Gasteiger charge is -2.21. The van der Waals surface area contributed by atoms with Gasteiger partial charge < -0.3 is 41.5 Å². The molecular formula is C30H35N5O13S3. The number of rotatable bonds is 15. The molecule has 0 aliphatic rings. The van der Waals surface area contributed by atoms with Gasteiger partial charge in [-0.15, -0.1) is 0 Å². The molecule has 1 amide bonds. The number of aryl methyl sites for hydroxylation is 1. The fourth-order valence-corrected chi connectivity index (χ4v) is 7.68. The summed E-state index contributed by atoms with van der Waals surface area (Å²) >= 11 is 0. The van der Waals surface area contributed by atoms with E-state index in [0.717, 1.165) is 29.4 Å². The number of aromatic hydroxyl groups is 1. The molecule has 0 unspecified atom stereocenters. The summed E-state index contributed by atoms with van der Waals surface area (Å²) < 4.78 is 101. The smallest absolute Gasteiger partial charge is 0.296 e. The number of sulfonamides is 1. The predicted octanol–water partition coefficient (Wildman–Crippen LogP) is 2.47. The summed E-state index contributed by atoms with van der Waals surface area (Å²) in [6.07, 6.45) is 0. The van der Waals surface area contributed by atoms with Gasteiger partial charge >= 0.3 is 0 Å². The summed E-state index contributed by atoms with van der Waals surface area (Å²) in [7, 11) is -12.6. The molecule has 4 aromatic rings. The Morgan fingerprint density at radius 1 is 0.804 bits per heavy atom. The molecule has 0 aromatic heterocycles. The molecule has 0 aliphatic carbocycles. The predicted molar refractivity (Wildman–Crippen MR) is 187 cm³/mol. The normalized spacial score (nSPS) is 12.2. The van der Waals surface area contributed by atoms with E-state index in [0.29, 0.717) is 16.9 Å². The second kappa shape index (κ2) is 15.2. The van der Waals surface area contributed by atoms with Crippen molar-refractivity contribution in [2.75, 3.05) is 54.9 Å². The number of hydrogen-bond acceptors (Lipinski definition) is 14. The van der Waals surface area contributed by atoms with Crippen molar-refractivity contribution in [1.29, 1.82) is 0 Å². The van der Waals surface area contributed by atoms with E-state index in [4.69, 9.17) is 4.74 Å². The highest BCUT2D eigenvalue weighted by Crippen LogP contribution is 2.46. The van der Waals surface area contributed by atoms with E-state index < -0.39 is 70.6 Å². The van der Waals surface area contributed by atoms with Crippen LogP contribution >= 0.6 is 0 Å². The summed E-state index contributed by atoms with van der Waals surface area (Å²) in [5, 5.41) is 34.4. The number of aliphatic hydroxyl groups is 2. The molecule has 9 N–H and O–H groups in total. The SMILES string of the molecule is COc1cc(NNc2ccc(S(=O)(=O)N(CCO)CCO)cc2)c(C)cc1Nc1c(S(=O)(=O)O)cc2cc(S(=O)(=O)O)cc(NC(C)=O)c2c1O. The van der Waals surface area contributed by atoms with E-state index in [9.17, 15) is 54.5 Å². The summed E-state index contributed by atoms with van der Waals surface area (Å²) in [6.45, 7) is 1.53. The third kappa shape index (κ3) is 8.77. The molecule has 0 heterocycles. The highest BCUT2D eigenvalue weighted by molar-refractivity contribution is 7.89. The number of ether oxygens (including phenoxy) is 1. The summed E-state index contributed by atoms with van der Waals surface area (Å²) in [6, 6.07) is 11.2. The molecule has 18 nitrogen and oxygen atoms in total. The number of methoxy groups -OCH3 is 1. The van der Waals surface area contributed by atoms with Crippen molar-refractivity contribution >= 4 is 75.4 Å². The average Bonchev–Trinajstić information content (AvgIpc) is 3.04. The van der Waals surface area contributed by atoms with Crippen LogP contribution in [0.5, 0.6) is 11.5 Å². The monoisotopic (exact) mass is 769 g/mol. The van der Waals surface area contributed by atoms with Crippen molar-refractivity contribution in [3.05, 3.63) is 60.2 Å². The van der Waals surface area contributed by atoms with E-state index in [-0.39, 0.29) is 45.9 Å². The van der Waals surface area contributed by atoms with Gasteiger partial charge in [0.2, 0.25) is 15.9 Å². The molecule has 0 fully saturated rings. The number of fused-ring (bicyclic) bond motifs is 1. The first-order valence-electron chi connectivity index (χ1n) is 14.7. The van der Waals surface area contributed by atoms with Gasteiger partial charge in [0.25, 0.3) is 20.2 Å². The molecule has 0 atom stereocenters. The zero-order valence-electron chi connectivity index (χ0n) is 27.2. The molecule has 276 valence electrons. The largest absolute Gasteiger partial charge is 0.505 e. The zero-order chi connectivity index (χ0) is 37.9. The standard InChI is InChI=1S/C30H35N5O13S3/c1-17-12-24(26(48-3)16-23(17)34-33-20-4-6-21(7-5-20)49(40,41)35(8-10-36)9-11-37)32-29-27(51(45,46)47)14-19-13-22(50(42,43)44)15-25(31-18(2)38)28(19)30(29)39/h4-7,12-16,32-34,36-37,39H,8-11H2,1-3H3,(H,31,38)(H,42,43,44)(H,45,46,47). The Bertz CT molecular complexity index is 2290. The zero-order valence-corrected chi connectivity index (χ0v) is 29.6. The number of carbonyl (C=O) groups excluding carboxylic acids is 1. The van der Waals surface area contributed by atoms with Crippen LogP contribution in [-0.4, -0.2) is 93.3 Å². The number of aliphatic hydroxyl groups excluding tert-OH is 2. The van der Waals surface area contributed by atoms with E-state index in [1.54, 1.807) is 6.92 Å². The Morgan fingerprint density at radius 2 is 1.43 bits per heavy atom. The summed E-state index contributed by atoms with van der Waals surface area (Å²) in [4.78, 5) is 10.3. The Hall–Kier alpha value is -4.74. The van der Waals surface area contributed by atoms with Gasteiger partial charge in [-0.25, -0.2) is 8.42 Å². The van der Waals surface area contributed by atoms with Crippen molar-refractivity contribution in [1.82, 2.24) is 4.31 Å². The first-order chi connectivity index (χ1) is 23.8. The number of anilines is 5. The topological polar surface area (TPSA) is 281 Å². The van der Waals surface area contributed by atoms with Gasteiger partial charge in [-0.1, -0.05) is 0 Å². The Balaban J connectivity index is 1.70. The molecule has 4 rings (SSSR count). The van der Waals surface area contributed by atoms with Crippen LogP contribution in [0, 0.1) is 6.92 Å². The van der Waals surface area contributed by atoms with Crippen molar-refractivity contribution in [3.8, 4) is 11.5 Å². The molecular weight excluding hydrogens is 735 g/mol. The number of benzene rings is 4. The Labute approximate surface area is 293 Å². The number of nitrogens with zero attached hydrogens (tertiary/aromatic N) is 1. The molecule has 0 spiro atoms. The number of nitrogens with one attached hydrogen (secondary N) is 4. The number of hydrazine groups is 1. The maximum atomic E-state index is 12.9. The van der Waals surface area contributed by atoms with Gasteiger partial charge in [0.1, 0.15) is 22.1 Å². The van der Waals surface area contributed by atoms with Crippen LogP contribution in [0.2, 0.25) is 0 Å². The van der Waals surface area contributed by atoms with Crippen LogP contribution in [0.3, 0.4) is 0 Å². The van der Waals surface area contributed by atoms with Crippen LogP contribution in [-0.2, 0) is 35.1 Å². The fourth-order valence-electron chi connectivity index (χ4n) is 5.03. The molecule has 4 aromatic carbocycles. The lowest BCUT2D eigenvalue weighted by molar-refractivity contribution is -0.114. The minimum absolute atomic E-state index is 0.0625. The van der Waals surface area contributed by atoms with Crippen molar-refractivity contribution in [2.24, 2.45) is 0 Å². The number of amides is 1. The second-order valence-electron chi connectivity index (χ2n) is 10.9. The van der Waals surface area contributed by atoms with E-state index in [1.165, 1.54) is 43.5 Å². The van der Waals surface area contributed by atoms with Gasteiger partial charge in [0.15, 0.2) is 0 Å². The van der Waals surface area contributed by atoms with Gasteiger partial charge in [-0.3, -0.25) is 13.9 Å². The fraction of sp³-hybridized carbons (Fsp3) is 0.233. The first-order valence-corrected chi connectivity index (χ1v) is 19.0. The summed E-state index contributed by atoms with van der Waals surface area (Å²) in [5.74, 6) is -1.39. The maximum absolute atomic E-state index is 12.9. The van der Waals surface area contributed by atoms with Crippen molar-refractivity contribution in [3.63, 3.8) is 0 Å². The van der Waals surface area contributed by atoms with E-state index in [1.807, 2.05) is 0 Å². The highest BCUT2D eigenvalue weighted by Gasteiger charge is 2.27. The quantitative estimate of drug-likeness (QED) is 0.0477. The van der Waals surface area contributed by atoms with E-state index in [2.05, 4.69) is 21.5 Å². The van der Waals surface area contributed by atoms with Crippen LogP contribution < -0.4 is 26.2 Å². The highest BCUT2D eigenvalue weighted by atomic mass is 32.2.